The van der Waals surface area contributed by atoms with E-state index in [2.05, 4.69) is 10.2 Å². The van der Waals surface area contributed by atoms with E-state index in [1.165, 1.54) is 12.1 Å². The molecule has 10 heteroatoms. The second kappa shape index (κ2) is 11.6. The van der Waals surface area contributed by atoms with Crippen molar-refractivity contribution < 1.29 is 23.4 Å². The first kappa shape index (κ1) is 27.6. The lowest BCUT2D eigenvalue weighted by Crippen LogP contribution is -2.47. The molecule has 2 N–H and O–H groups in total. The van der Waals surface area contributed by atoms with Gasteiger partial charge in [-0.05, 0) is 62.8 Å². The molecule has 2 heterocycles. The molecule has 7 nitrogen and oxygen atoms in total. The van der Waals surface area contributed by atoms with Crippen LogP contribution in [-0.4, -0.2) is 58.9 Å². The number of amides is 1. The average molecular weight is 560 g/mol. The van der Waals surface area contributed by atoms with Crippen LogP contribution in [0.1, 0.15) is 54.1 Å². The summed E-state index contributed by atoms with van der Waals surface area (Å²) in [6, 6.07) is 7.19. The third-order valence-electron chi connectivity index (χ3n) is 7.76. The Balaban J connectivity index is 1.18. The molecule has 1 aliphatic heterocycles. The molecule has 0 unspecified atom stereocenters. The monoisotopic (exact) mass is 559 g/mol. The number of carbonyl (C=O) groups is 1. The summed E-state index contributed by atoms with van der Waals surface area (Å²) in [5.74, 6) is -1.14. The summed E-state index contributed by atoms with van der Waals surface area (Å²) >= 11 is 6.00. The summed E-state index contributed by atoms with van der Waals surface area (Å²) in [5.41, 5.74) is 0.554. The summed E-state index contributed by atoms with van der Waals surface area (Å²) in [7, 11) is 0. The van der Waals surface area contributed by atoms with E-state index in [0.717, 1.165) is 25.3 Å². The summed E-state index contributed by atoms with van der Waals surface area (Å²) in [6.45, 7) is 3.40. The number of aryl methyl sites for hydroxylation is 1. The van der Waals surface area contributed by atoms with Gasteiger partial charge in [0.15, 0.2) is 0 Å². The highest BCUT2D eigenvalue weighted by Crippen LogP contribution is 2.34. The van der Waals surface area contributed by atoms with E-state index in [1.807, 2.05) is 4.57 Å². The number of β-amino-alcohol motifs (C(OH)–C–C–N with tert-alkyl or cyclic N) is 1. The van der Waals surface area contributed by atoms with E-state index < -0.39 is 23.3 Å². The molecule has 1 atom stereocenters. The van der Waals surface area contributed by atoms with Crippen molar-refractivity contribution in [3.8, 4) is 5.75 Å². The number of aliphatic hydroxyl groups excluding tert-OH is 1. The smallest absolute Gasteiger partial charge is 0.256 e. The molecule has 208 valence electrons. The van der Waals surface area contributed by atoms with Crippen LogP contribution in [0.3, 0.4) is 0 Å². The number of carbonyl (C=O) groups excluding carboxylic acids is 1. The van der Waals surface area contributed by atoms with E-state index in [9.17, 15) is 23.5 Å². The van der Waals surface area contributed by atoms with Gasteiger partial charge in [0.1, 0.15) is 35.7 Å². The first-order chi connectivity index (χ1) is 18.7. The zero-order valence-corrected chi connectivity index (χ0v) is 22.5. The second-order valence-electron chi connectivity index (χ2n) is 10.6. The van der Waals surface area contributed by atoms with E-state index in [4.69, 9.17) is 16.3 Å². The van der Waals surface area contributed by atoms with Crippen LogP contribution in [0.5, 0.6) is 5.75 Å². The van der Waals surface area contributed by atoms with Gasteiger partial charge < -0.3 is 24.6 Å². The molecule has 2 fully saturated rings. The number of nitrogens with one attached hydrogen (secondary N) is 1. The Morgan fingerprint density at radius 1 is 1.15 bits per heavy atom. The predicted molar refractivity (Wildman–Crippen MR) is 146 cm³/mol. The number of hydrogen-bond donors (Lipinski definition) is 2. The number of hydrogen-bond acceptors (Lipinski definition) is 5. The number of nitrogens with zero attached hydrogens (tertiary/aromatic N) is 2. The van der Waals surface area contributed by atoms with Crippen molar-refractivity contribution >= 4 is 28.4 Å². The maximum absolute atomic E-state index is 14.2. The van der Waals surface area contributed by atoms with Crippen LogP contribution in [-0.2, 0) is 0 Å². The van der Waals surface area contributed by atoms with Gasteiger partial charge >= 0.3 is 0 Å². The number of piperidine rings is 1. The van der Waals surface area contributed by atoms with Crippen molar-refractivity contribution in [3.63, 3.8) is 0 Å². The Morgan fingerprint density at radius 3 is 2.56 bits per heavy atom. The Morgan fingerprint density at radius 2 is 1.90 bits per heavy atom. The van der Waals surface area contributed by atoms with E-state index >= 15 is 0 Å². The van der Waals surface area contributed by atoms with Crippen molar-refractivity contribution in [2.45, 2.75) is 57.2 Å². The zero-order valence-electron chi connectivity index (χ0n) is 21.8. The third kappa shape index (κ3) is 6.10. The minimum absolute atomic E-state index is 0.00124. The van der Waals surface area contributed by atoms with Crippen LogP contribution < -0.4 is 15.5 Å². The molecule has 0 spiro atoms. The molecular formula is C29H32ClF2N3O4. The molecular weight excluding hydrogens is 528 g/mol. The minimum Gasteiger partial charge on any atom is -0.491 e. The van der Waals surface area contributed by atoms with Gasteiger partial charge in [-0.2, -0.15) is 0 Å². The first-order valence-electron chi connectivity index (χ1n) is 13.3. The Bertz CT molecular complexity index is 1430. The van der Waals surface area contributed by atoms with Crippen molar-refractivity contribution in [3.05, 3.63) is 74.5 Å². The normalized spacial score (nSPS) is 17.7. The summed E-state index contributed by atoms with van der Waals surface area (Å²) < 4.78 is 35.3. The highest BCUT2D eigenvalue weighted by Gasteiger charge is 2.27. The zero-order chi connectivity index (χ0) is 27.7. The van der Waals surface area contributed by atoms with Gasteiger partial charge in [-0.25, -0.2) is 8.78 Å². The maximum atomic E-state index is 14.2. The number of ether oxygens (including phenoxy) is 1. The highest BCUT2D eigenvalue weighted by molar-refractivity contribution is 6.31. The van der Waals surface area contributed by atoms with Crippen LogP contribution in [0, 0.1) is 18.6 Å². The lowest BCUT2D eigenvalue weighted by Gasteiger charge is -2.33. The minimum atomic E-state index is -0.753. The molecule has 0 bridgehead atoms. The van der Waals surface area contributed by atoms with Crippen LogP contribution in [0.25, 0.3) is 10.9 Å². The molecule has 1 saturated carbocycles. The number of rotatable bonds is 8. The topological polar surface area (TPSA) is 83.8 Å². The number of fused-ring (bicyclic) bond motifs is 1. The molecule has 5 rings (SSSR count). The molecule has 1 aliphatic carbocycles. The second-order valence-corrected chi connectivity index (χ2v) is 11.0. The first-order valence-corrected chi connectivity index (χ1v) is 13.7. The molecule has 1 aromatic heterocycles. The van der Waals surface area contributed by atoms with Gasteiger partial charge in [0.05, 0.1) is 10.5 Å². The van der Waals surface area contributed by atoms with Gasteiger partial charge in [0, 0.05) is 49.4 Å². The van der Waals surface area contributed by atoms with Gasteiger partial charge in [0.2, 0.25) is 5.43 Å². The van der Waals surface area contributed by atoms with Gasteiger partial charge in [-0.15, -0.1) is 0 Å². The van der Waals surface area contributed by atoms with Gasteiger partial charge in [0.25, 0.3) is 5.91 Å². The Hall–Kier alpha value is -3.01. The maximum Gasteiger partial charge on any atom is 0.256 e. The highest BCUT2D eigenvalue weighted by atomic mass is 35.5. The number of benzene rings is 2. The fourth-order valence-electron chi connectivity index (χ4n) is 5.20. The molecule has 2 aliphatic rings. The quantitative estimate of drug-likeness (QED) is 0.421. The fourth-order valence-corrected chi connectivity index (χ4v) is 5.36. The molecule has 2 aromatic carbocycles. The van der Waals surface area contributed by atoms with Crippen molar-refractivity contribution in [2.75, 3.05) is 26.2 Å². The van der Waals surface area contributed by atoms with E-state index in [1.54, 1.807) is 25.3 Å². The fraction of sp³-hybridized carbons (Fsp3) is 0.448. The van der Waals surface area contributed by atoms with Gasteiger partial charge in [-0.3, -0.25) is 9.59 Å². The summed E-state index contributed by atoms with van der Waals surface area (Å²) in [4.78, 5) is 28.5. The van der Waals surface area contributed by atoms with Crippen molar-refractivity contribution in [2.24, 2.45) is 0 Å². The largest absolute Gasteiger partial charge is 0.491 e. The average Bonchev–Trinajstić information content (AvgIpc) is 2.87. The van der Waals surface area contributed by atoms with Crippen LogP contribution in [0.2, 0.25) is 5.02 Å². The number of pyridine rings is 1. The molecule has 3 aromatic rings. The predicted octanol–water partition coefficient (Wildman–Crippen LogP) is 4.60. The van der Waals surface area contributed by atoms with Crippen LogP contribution in [0.4, 0.5) is 8.78 Å². The Kier molecular flexibility index (Phi) is 8.21. The molecule has 0 radical (unpaired) electrons. The number of aliphatic hydroxyl groups is 1. The van der Waals surface area contributed by atoms with Crippen LogP contribution in [0.15, 0.2) is 41.3 Å². The number of halogens is 3. The van der Waals surface area contributed by atoms with Crippen molar-refractivity contribution in [1.29, 1.82) is 0 Å². The van der Waals surface area contributed by atoms with E-state index in [-0.39, 0.29) is 40.5 Å². The standard InChI is InChI=1S/C29H32ClF2N3O4/c1-17-5-6-21(11-25(17)31)39-16-20(36)14-34-9-7-18(8-10-34)33-29(38)23-15-35(19-3-2-4-19)27-13-24(30)26(32)12-22(27)28(23)37/h5-6,11-13,15,18-20,36H,2-4,7-10,14,16H2,1H3,(H,33,38)/t20-/m0/s1. The Labute approximate surface area is 230 Å². The third-order valence-corrected chi connectivity index (χ3v) is 8.05. The van der Waals surface area contributed by atoms with Gasteiger partial charge in [-0.1, -0.05) is 17.7 Å². The van der Waals surface area contributed by atoms with Crippen LogP contribution >= 0.6 is 11.6 Å². The summed E-state index contributed by atoms with van der Waals surface area (Å²) in [5, 5.41) is 13.5. The lowest BCUT2D eigenvalue weighted by molar-refractivity contribution is 0.0567. The van der Waals surface area contributed by atoms with E-state index in [0.29, 0.717) is 49.3 Å². The number of likely N-dealkylation sites (tertiary alicyclic amines) is 1. The molecule has 39 heavy (non-hydrogen) atoms. The molecule has 1 amide bonds. The van der Waals surface area contributed by atoms with Crippen molar-refractivity contribution in [1.82, 2.24) is 14.8 Å². The SMILES string of the molecule is Cc1ccc(OC[C@@H](O)CN2CCC(NC(=O)c3cn(C4CCC4)c4cc(Cl)c(F)cc4c3=O)CC2)cc1F. The summed E-state index contributed by atoms with van der Waals surface area (Å²) in [6.07, 6.45) is 5.03. The molecule has 1 saturated heterocycles. The lowest BCUT2D eigenvalue weighted by atomic mass is 9.92. The number of aromatic nitrogens is 1.